The van der Waals surface area contributed by atoms with Gasteiger partial charge in [-0.3, -0.25) is 0 Å². The largest absolute Gasteiger partial charge is 0.456 e. The number of anilines is 3. The molecule has 0 aliphatic heterocycles. The highest BCUT2D eigenvalue weighted by Crippen LogP contribution is 2.40. The average Bonchev–Trinajstić information content (AvgIpc) is 4.04. The summed E-state index contributed by atoms with van der Waals surface area (Å²) in [6.45, 7) is 0. The van der Waals surface area contributed by atoms with Crippen LogP contribution in [0, 0.1) is 0 Å². The van der Waals surface area contributed by atoms with Gasteiger partial charge in [-0.15, -0.1) is 0 Å². The van der Waals surface area contributed by atoms with E-state index < -0.39 is 0 Å². The molecule has 4 heteroatoms. The van der Waals surface area contributed by atoms with Gasteiger partial charge in [0, 0.05) is 55.1 Å². The minimum absolute atomic E-state index is 0.894. The maximum absolute atomic E-state index is 6.25. The van der Waals surface area contributed by atoms with Crippen molar-refractivity contribution in [2.24, 2.45) is 0 Å². The van der Waals surface area contributed by atoms with Crippen LogP contribution in [-0.4, -0.2) is 4.57 Å². The van der Waals surface area contributed by atoms with E-state index in [1.807, 2.05) is 24.3 Å². The van der Waals surface area contributed by atoms with Crippen LogP contribution < -0.4 is 4.90 Å². The van der Waals surface area contributed by atoms with Crippen molar-refractivity contribution in [2.45, 2.75) is 0 Å². The lowest BCUT2D eigenvalue weighted by molar-refractivity contribution is 0.668. The second kappa shape index (κ2) is 14.5. The Morgan fingerprint density at radius 1 is 0.266 bits per heavy atom. The topological polar surface area (TPSA) is 34.5 Å². The Hall–Kier alpha value is -8.60. The van der Waals surface area contributed by atoms with Crippen molar-refractivity contribution in [3.8, 4) is 39.1 Å². The van der Waals surface area contributed by atoms with E-state index in [9.17, 15) is 0 Å². The Labute approximate surface area is 369 Å². The third-order valence-corrected chi connectivity index (χ3v) is 12.8. The summed E-state index contributed by atoms with van der Waals surface area (Å²) < 4.78 is 14.9. The van der Waals surface area contributed by atoms with Gasteiger partial charge in [-0.05, 0) is 130 Å². The molecule has 0 unspecified atom stereocenters. The second-order valence-electron chi connectivity index (χ2n) is 16.5. The van der Waals surface area contributed by atoms with Gasteiger partial charge in [0.15, 0.2) is 0 Å². The van der Waals surface area contributed by atoms with E-state index in [2.05, 4.69) is 216 Å². The molecule has 0 atom stereocenters. The van der Waals surface area contributed by atoms with E-state index in [-0.39, 0.29) is 0 Å². The van der Waals surface area contributed by atoms with Crippen molar-refractivity contribution in [3.63, 3.8) is 0 Å². The molecular weight excluding hydrogens is 781 g/mol. The smallest absolute Gasteiger partial charge is 0.136 e. The van der Waals surface area contributed by atoms with E-state index in [4.69, 9.17) is 8.83 Å². The number of benzene rings is 10. The molecular formula is C60H38N2O2. The zero-order chi connectivity index (χ0) is 42.1. The molecule has 300 valence electrons. The quantitative estimate of drug-likeness (QED) is 0.161. The molecule has 64 heavy (non-hydrogen) atoms. The highest BCUT2D eigenvalue weighted by Gasteiger charge is 2.17. The van der Waals surface area contributed by atoms with Crippen LogP contribution in [-0.2, 0) is 0 Å². The van der Waals surface area contributed by atoms with Gasteiger partial charge in [-0.1, -0.05) is 133 Å². The summed E-state index contributed by atoms with van der Waals surface area (Å²) in [5.41, 5.74) is 17.2. The number of hydrogen-bond acceptors (Lipinski definition) is 3. The van der Waals surface area contributed by atoms with Gasteiger partial charge in [-0.2, -0.15) is 0 Å². The third kappa shape index (κ3) is 5.92. The molecule has 3 aromatic heterocycles. The lowest BCUT2D eigenvalue weighted by Gasteiger charge is -2.26. The summed E-state index contributed by atoms with van der Waals surface area (Å²) >= 11 is 0. The van der Waals surface area contributed by atoms with Crippen LogP contribution in [0.25, 0.3) is 105 Å². The molecule has 0 aliphatic rings. The van der Waals surface area contributed by atoms with E-state index in [0.717, 1.165) is 94.4 Å². The van der Waals surface area contributed by atoms with Crippen LogP contribution in [0.4, 0.5) is 17.1 Å². The molecule has 0 fully saturated rings. The SMILES string of the molecule is c1ccc2c(c1)oc1cc(-c3ccc(N(c4ccc(-c5ccc(-n6c7ccccc7c7ccccc76)cc5)cc4)c4ccc(-c5ccc6c(c5)oc5ccccc56)cc4)cc3)ccc12. The number of hydrogen-bond donors (Lipinski definition) is 0. The van der Waals surface area contributed by atoms with Crippen molar-refractivity contribution in [3.05, 3.63) is 231 Å². The van der Waals surface area contributed by atoms with Gasteiger partial charge in [0.1, 0.15) is 22.3 Å². The number of para-hydroxylation sites is 4. The van der Waals surface area contributed by atoms with Gasteiger partial charge in [0.05, 0.1) is 11.0 Å². The number of furan rings is 2. The molecule has 0 bridgehead atoms. The number of nitrogens with zero attached hydrogens (tertiary/aromatic N) is 2. The molecule has 0 N–H and O–H groups in total. The predicted octanol–water partition coefficient (Wildman–Crippen LogP) is 17.1. The molecule has 0 amide bonds. The summed E-state index contributed by atoms with van der Waals surface area (Å²) in [5, 5.41) is 7.06. The lowest BCUT2D eigenvalue weighted by Crippen LogP contribution is -2.09. The van der Waals surface area contributed by atoms with Crippen molar-refractivity contribution in [2.75, 3.05) is 4.90 Å². The van der Waals surface area contributed by atoms with Crippen molar-refractivity contribution >= 4 is 82.7 Å². The predicted molar refractivity (Wildman–Crippen MR) is 266 cm³/mol. The molecule has 0 aliphatic carbocycles. The fourth-order valence-corrected chi connectivity index (χ4v) is 9.67. The first-order chi connectivity index (χ1) is 31.7. The van der Waals surface area contributed by atoms with Crippen LogP contribution in [0.5, 0.6) is 0 Å². The summed E-state index contributed by atoms with van der Waals surface area (Å²) in [7, 11) is 0. The molecule has 3 heterocycles. The number of aromatic nitrogens is 1. The third-order valence-electron chi connectivity index (χ3n) is 12.8. The van der Waals surface area contributed by atoms with Crippen molar-refractivity contribution < 1.29 is 8.83 Å². The molecule has 0 radical (unpaired) electrons. The first-order valence-corrected chi connectivity index (χ1v) is 21.7. The van der Waals surface area contributed by atoms with Crippen LogP contribution >= 0.6 is 0 Å². The van der Waals surface area contributed by atoms with Crippen LogP contribution in [0.3, 0.4) is 0 Å². The van der Waals surface area contributed by atoms with E-state index in [0.29, 0.717) is 0 Å². The Bertz CT molecular complexity index is 3660. The summed E-state index contributed by atoms with van der Waals surface area (Å²) in [6.07, 6.45) is 0. The Kier molecular flexibility index (Phi) is 8.18. The number of fused-ring (bicyclic) bond motifs is 9. The van der Waals surface area contributed by atoms with Crippen LogP contribution in [0.1, 0.15) is 0 Å². The summed E-state index contributed by atoms with van der Waals surface area (Å²) in [5.74, 6) is 0. The highest BCUT2D eigenvalue weighted by atomic mass is 16.3. The molecule has 0 spiro atoms. The Balaban J connectivity index is 0.848. The average molecular weight is 819 g/mol. The van der Waals surface area contributed by atoms with E-state index >= 15 is 0 Å². The van der Waals surface area contributed by atoms with Crippen molar-refractivity contribution in [1.82, 2.24) is 4.57 Å². The second-order valence-corrected chi connectivity index (χ2v) is 16.5. The monoisotopic (exact) mass is 818 g/mol. The Morgan fingerprint density at radius 3 is 1.03 bits per heavy atom. The van der Waals surface area contributed by atoms with E-state index in [1.54, 1.807) is 0 Å². The molecule has 10 aromatic carbocycles. The van der Waals surface area contributed by atoms with Crippen LogP contribution in [0.15, 0.2) is 239 Å². The fourth-order valence-electron chi connectivity index (χ4n) is 9.67. The number of rotatable bonds is 7. The Morgan fingerprint density at radius 2 is 0.594 bits per heavy atom. The highest BCUT2D eigenvalue weighted by molar-refractivity contribution is 6.10. The summed E-state index contributed by atoms with van der Waals surface area (Å²) in [6, 6.07) is 82.3. The van der Waals surface area contributed by atoms with Gasteiger partial charge in [0.25, 0.3) is 0 Å². The zero-order valence-electron chi connectivity index (χ0n) is 34.7. The lowest BCUT2D eigenvalue weighted by atomic mass is 10.0. The molecule has 0 saturated heterocycles. The molecule has 4 nitrogen and oxygen atoms in total. The minimum atomic E-state index is 0.894. The first-order valence-electron chi connectivity index (χ1n) is 21.7. The first kappa shape index (κ1) is 36.1. The molecule has 13 aromatic rings. The molecule has 13 rings (SSSR count). The molecule has 0 saturated carbocycles. The standard InChI is InChI=1S/C60H38N2O2/c1-5-13-55-49(9-1)50-10-2-6-14-56(50)62(55)48-33-19-40(20-34-48)39-17-27-45(28-18-39)61(46-29-21-41(22-30-46)43-25-35-53-51-11-3-7-15-57(51)63-59(53)37-43)47-31-23-42(24-32-47)44-26-36-54-52-12-4-8-16-58(52)64-60(54)38-44/h1-38H. The van der Waals surface area contributed by atoms with Gasteiger partial charge >= 0.3 is 0 Å². The van der Waals surface area contributed by atoms with Crippen LogP contribution in [0.2, 0.25) is 0 Å². The van der Waals surface area contributed by atoms with Crippen molar-refractivity contribution in [1.29, 1.82) is 0 Å². The maximum Gasteiger partial charge on any atom is 0.136 e. The van der Waals surface area contributed by atoms with E-state index in [1.165, 1.54) is 27.4 Å². The van der Waals surface area contributed by atoms with Gasteiger partial charge in [-0.25, -0.2) is 0 Å². The normalized spacial score (nSPS) is 11.8. The minimum Gasteiger partial charge on any atom is -0.456 e. The van der Waals surface area contributed by atoms with Gasteiger partial charge < -0.3 is 18.3 Å². The fraction of sp³-hybridized carbons (Fsp3) is 0. The van der Waals surface area contributed by atoms with Gasteiger partial charge in [0.2, 0.25) is 0 Å². The maximum atomic E-state index is 6.25. The zero-order valence-corrected chi connectivity index (χ0v) is 34.7. The summed E-state index contributed by atoms with van der Waals surface area (Å²) in [4.78, 5) is 2.33.